The van der Waals surface area contributed by atoms with Crippen LogP contribution in [0.15, 0.2) is 11.6 Å². The van der Waals surface area contributed by atoms with E-state index in [0.717, 1.165) is 30.4 Å². The van der Waals surface area contributed by atoms with Gasteiger partial charge in [-0.15, -0.1) is 11.3 Å². The topological polar surface area (TPSA) is 55.4 Å². The standard InChI is InChI=1S/C19H27NO3S/c1-11(2)9-15(21)20-17-16(18(22)23-6)13-8-7-12(19(3,4)5)10-14(13)24-17/h9,12H,7-8,10H2,1-6H3,(H,20,21). The van der Waals surface area contributed by atoms with Crippen molar-refractivity contribution in [3.63, 3.8) is 0 Å². The van der Waals surface area contributed by atoms with Gasteiger partial charge in [0.1, 0.15) is 5.00 Å². The third kappa shape index (κ3) is 4.07. The van der Waals surface area contributed by atoms with E-state index in [1.165, 1.54) is 29.4 Å². The van der Waals surface area contributed by atoms with E-state index in [-0.39, 0.29) is 17.3 Å². The van der Waals surface area contributed by atoms with Crippen LogP contribution in [0.5, 0.6) is 0 Å². The number of anilines is 1. The maximum absolute atomic E-state index is 12.3. The molecular weight excluding hydrogens is 322 g/mol. The highest BCUT2D eigenvalue weighted by molar-refractivity contribution is 7.17. The van der Waals surface area contributed by atoms with Crippen molar-refractivity contribution in [3.05, 3.63) is 27.7 Å². The van der Waals surface area contributed by atoms with Crippen LogP contribution in [-0.2, 0) is 22.4 Å². The van der Waals surface area contributed by atoms with Gasteiger partial charge in [0.2, 0.25) is 5.91 Å². The molecule has 0 spiro atoms. The molecule has 1 amide bonds. The average Bonchev–Trinajstić information content (AvgIpc) is 2.81. The van der Waals surface area contributed by atoms with Gasteiger partial charge >= 0.3 is 5.97 Å². The minimum atomic E-state index is -0.366. The minimum absolute atomic E-state index is 0.203. The Bertz CT molecular complexity index is 676. The van der Waals surface area contributed by atoms with Crippen molar-refractivity contribution < 1.29 is 14.3 Å². The van der Waals surface area contributed by atoms with Crippen molar-refractivity contribution in [1.82, 2.24) is 0 Å². The molecule has 0 saturated carbocycles. The molecule has 2 rings (SSSR count). The highest BCUT2D eigenvalue weighted by Gasteiger charge is 2.34. The normalized spacial score (nSPS) is 17.0. The van der Waals surface area contributed by atoms with Crippen LogP contribution in [0.1, 0.15) is 61.8 Å². The molecule has 0 bridgehead atoms. The van der Waals surface area contributed by atoms with E-state index >= 15 is 0 Å². The van der Waals surface area contributed by atoms with Crippen molar-refractivity contribution in [3.8, 4) is 0 Å². The molecule has 5 heteroatoms. The zero-order valence-electron chi connectivity index (χ0n) is 15.4. The van der Waals surface area contributed by atoms with Crippen LogP contribution in [0, 0.1) is 11.3 Å². The van der Waals surface area contributed by atoms with Crippen molar-refractivity contribution in [2.75, 3.05) is 12.4 Å². The Morgan fingerprint density at radius 2 is 1.96 bits per heavy atom. The number of carbonyl (C=O) groups is 2. The number of hydrogen-bond acceptors (Lipinski definition) is 4. The Morgan fingerprint density at radius 1 is 1.29 bits per heavy atom. The lowest BCUT2D eigenvalue weighted by Crippen LogP contribution is -2.26. The zero-order chi connectivity index (χ0) is 18.1. The van der Waals surface area contributed by atoms with Gasteiger partial charge < -0.3 is 10.1 Å². The Morgan fingerprint density at radius 3 is 2.50 bits per heavy atom. The van der Waals surface area contributed by atoms with Gasteiger partial charge in [0.05, 0.1) is 12.7 Å². The Kier molecular flexibility index (Phi) is 5.53. The molecule has 1 unspecified atom stereocenters. The van der Waals surface area contributed by atoms with Crippen LogP contribution in [0.25, 0.3) is 0 Å². The maximum Gasteiger partial charge on any atom is 0.341 e. The summed E-state index contributed by atoms with van der Waals surface area (Å²) in [6.07, 6.45) is 4.40. The van der Waals surface area contributed by atoms with Crippen LogP contribution in [0.4, 0.5) is 5.00 Å². The number of amides is 1. The van der Waals surface area contributed by atoms with Crippen LogP contribution in [-0.4, -0.2) is 19.0 Å². The Hall–Kier alpha value is -1.62. The van der Waals surface area contributed by atoms with Gasteiger partial charge in [-0.2, -0.15) is 0 Å². The predicted octanol–water partition coefficient (Wildman–Crippen LogP) is 4.59. The Balaban J connectivity index is 2.39. The van der Waals surface area contributed by atoms with E-state index in [1.54, 1.807) is 0 Å². The largest absolute Gasteiger partial charge is 0.465 e. The first-order chi connectivity index (χ1) is 11.1. The van der Waals surface area contributed by atoms with Gasteiger partial charge in [-0.1, -0.05) is 26.3 Å². The molecule has 0 saturated heterocycles. The molecule has 132 valence electrons. The number of carbonyl (C=O) groups excluding carboxylic acids is 2. The maximum atomic E-state index is 12.3. The molecule has 1 aliphatic rings. The summed E-state index contributed by atoms with van der Waals surface area (Å²) in [6.45, 7) is 10.5. The minimum Gasteiger partial charge on any atom is -0.465 e. The number of nitrogens with one attached hydrogen (secondary N) is 1. The first-order valence-corrected chi connectivity index (χ1v) is 9.13. The number of methoxy groups -OCH3 is 1. The molecule has 1 N–H and O–H groups in total. The zero-order valence-corrected chi connectivity index (χ0v) is 16.2. The number of ether oxygens (including phenoxy) is 1. The number of rotatable bonds is 3. The summed E-state index contributed by atoms with van der Waals surface area (Å²) >= 11 is 1.52. The van der Waals surface area contributed by atoms with Gasteiger partial charge in [-0.3, -0.25) is 4.79 Å². The van der Waals surface area contributed by atoms with Crippen LogP contribution < -0.4 is 5.32 Å². The molecule has 1 heterocycles. The number of allylic oxidation sites excluding steroid dienone is 1. The van der Waals surface area contributed by atoms with Crippen LogP contribution in [0.3, 0.4) is 0 Å². The van der Waals surface area contributed by atoms with E-state index < -0.39 is 0 Å². The lowest BCUT2D eigenvalue weighted by Gasteiger charge is -2.33. The lowest BCUT2D eigenvalue weighted by atomic mass is 9.72. The van der Waals surface area contributed by atoms with Gasteiger partial charge in [0.25, 0.3) is 0 Å². The molecule has 0 aliphatic heterocycles. The number of thiophene rings is 1. The highest BCUT2D eigenvalue weighted by atomic mass is 32.1. The number of fused-ring (bicyclic) bond motifs is 1. The van der Waals surface area contributed by atoms with Crippen LogP contribution >= 0.6 is 11.3 Å². The first kappa shape index (κ1) is 18.7. The smallest absolute Gasteiger partial charge is 0.341 e. The fourth-order valence-electron chi connectivity index (χ4n) is 3.14. The summed E-state index contributed by atoms with van der Waals surface area (Å²) in [7, 11) is 1.38. The summed E-state index contributed by atoms with van der Waals surface area (Å²) in [6, 6.07) is 0. The van der Waals surface area contributed by atoms with Crippen molar-refractivity contribution >= 4 is 28.2 Å². The molecule has 0 fully saturated rings. The molecular formula is C19H27NO3S. The first-order valence-electron chi connectivity index (χ1n) is 8.32. The predicted molar refractivity (Wildman–Crippen MR) is 98.7 cm³/mol. The van der Waals surface area contributed by atoms with E-state index in [2.05, 4.69) is 26.1 Å². The van der Waals surface area contributed by atoms with Gasteiger partial charge in [0, 0.05) is 11.0 Å². The summed E-state index contributed by atoms with van der Waals surface area (Å²) in [5.74, 6) is 0.0100. The van der Waals surface area contributed by atoms with E-state index in [1.807, 2.05) is 13.8 Å². The van der Waals surface area contributed by atoms with E-state index in [9.17, 15) is 9.59 Å². The second kappa shape index (κ2) is 7.09. The van der Waals surface area contributed by atoms with E-state index in [0.29, 0.717) is 16.5 Å². The lowest BCUT2D eigenvalue weighted by molar-refractivity contribution is -0.111. The second-order valence-corrected chi connectivity index (χ2v) is 8.82. The summed E-state index contributed by atoms with van der Waals surface area (Å²) in [5, 5.41) is 3.48. The summed E-state index contributed by atoms with van der Waals surface area (Å²) in [5.41, 5.74) is 2.75. The SMILES string of the molecule is COC(=O)c1c(NC(=O)C=C(C)C)sc2c1CCC(C(C)(C)C)C2. The molecule has 1 aromatic heterocycles. The highest BCUT2D eigenvalue weighted by Crippen LogP contribution is 2.44. The monoisotopic (exact) mass is 349 g/mol. The van der Waals surface area contributed by atoms with E-state index in [4.69, 9.17) is 4.74 Å². The van der Waals surface area contributed by atoms with Gasteiger partial charge in [0.15, 0.2) is 0 Å². The van der Waals surface area contributed by atoms with Gasteiger partial charge in [-0.25, -0.2) is 4.79 Å². The molecule has 1 aliphatic carbocycles. The fraction of sp³-hybridized carbons (Fsp3) is 0.579. The number of hydrogen-bond donors (Lipinski definition) is 1. The summed E-state index contributed by atoms with van der Waals surface area (Å²) in [4.78, 5) is 25.6. The molecule has 0 radical (unpaired) electrons. The third-order valence-electron chi connectivity index (χ3n) is 4.54. The molecule has 24 heavy (non-hydrogen) atoms. The van der Waals surface area contributed by atoms with Crippen molar-refractivity contribution in [2.45, 2.75) is 53.9 Å². The van der Waals surface area contributed by atoms with Crippen molar-refractivity contribution in [2.24, 2.45) is 11.3 Å². The molecule has 4 nitrogen and oxygen atoms in total. The average molecular weight is 349 g/mol. The number of esters is 1. The van der Waals surface area contributed by atoms with Crippen LogP contribution in [0.2, 0.25) is 0 Å². The Labute approximate surface area is 148 Å². The van der Waals surface area contributed by atoms with Gasteiger partial charge in [-0.05, 0) is 50.0 Å². The molecule has 1 atom stereocenters. The second-order valence-electron chi connectivity index (χ2n) is 7.72. The molecule has 0 aromatic carbocycles. The van der Waals surface area contributed by atoms with Crippen molar-refractivity contribution in [1.29, 1.82) is 0 Å². The third-order valence-corrected chi connectivity index (χ3v) is 5.71. The fourth-order valence-corrected chi connectivity index (χ4v) is 4.46. The summed E-state index contributed by atoms with van der Waals surface area (Å²) < 4.78 is 4.96. The molecule has 1 aromatic rings. The quantitative estimate of drug-likeness (QED) is 0.641.